The highest BCUT2D eigenvalue weighted by Gasteiger charge is 2.28. The minimum absolute atomic E-state index is 0.00775. The Labute approximate surface area is 116 Å². The maximum absolute atomic E-state index is 12.3. The predicted octanol–water partition coefficient (Wildman–Crippen LogP) is 0.736. The van der Waals surface area contributed by atoms with Crippen LogP contribution in [-0.2, 0) is 16.1 Å². The maximum atomic E-state index is 12.3. The van der Waals surface area contributed by atoms with Crippen molar-refractivity contribution >= 4 is 11.7 Å². The smallest absolute Gasteiger partial charge is 0.375 e. The van der Waals surface area contributed by atoms with Crippen LogP contribution in [0.1, 0.15) is 19.7 Å². The molecule has 8 nitrogen and oxygen atoms in total. The summed E-state index contributed by atoms with van der Waals surface area (Å²) in [6.45, 7) is 6.59. The molecule has 1 amide bonds. The van der Waals surface area contributed by atoms with Crippen LogP contribution < -0.4 is 0 Å². The van der Waals surface area contributed by atoms with Crippen LogP contribution >= 0.6 is 0 Å². The molecule has 110 valence electrons. The Morgan fingerprint density at radius 3 is 2.90 bits per heavy atom. The fourth-order valence-corrected chi connectivity index (χ4v) is 2.23. The Morgan fingerprint density at radius 1 is 1.60 bits per heavy atom. The van der Waals surface area contributed by atoms with Crippen LogP contribution in [0.4, 0.5) is 5.82 Å². The number of nitrogens with zero attached hydrogens (tertiary/aromatic N) is 4. The molecule has 0 N–H and O–H groups in total. The lowest BCUT2D eigenvalue weighted by molar-refractivity contribution is -0.389. The molecule has 2 heterocycles. The van der Waals surface area contributed by atoms with Gasteiger partial charge in [-0.1, -0.05) is 0 Å². The van der Waals surface area contributed by atoms with Crippen molar-refractivity contribution in [2.75, 3.05) is 13.2 Å². The lowest BCUT2D eigenvalue weighted by Crippen LogP contribution is -2.51. The van der Waals surface area contributed by atoms with Crippen molar-refractivity contribution in [3.63, 3.8) is 0 Å². The summed E-state index contributed by atoms with van der Waals surface area (Å²) in [4.78, 5) is 28.0. The van der Waals surface area contributed by atoms with Crippen LogP contribution in [-0.4, -0.2) is 50.6 Å². The number of aromatic nitrogens is 2. The topological polar surface area (TPSA) is 90.5 Å². The number of nitro groups is 1. The fourth-order valence-electron chi connectivity index (χ4n) is 2.23. The van der Waals surface area contributed by atoms with E-state index in [9.17, 15) is 14.9 Å². The van der Waals surface area contributed by atoms with Gasteiger partial charge in [0.25, 0.3) is 0 Å². The molecule has 0 bridgehead atoms. The van der Waals surface area contributed by atoms with Gasteiger partial charge in [-0.05, 0) is 23.8 Å². The molecule has 1 saturated heterocycles. The molecule has 0 aliphatic carbocycles. The van der Waals surface area contributed by atoms with Gasteiger partial charge in [0, 0.05) is 13.5 Å². The van der Waals surface area contributed by atoms with Crippen molar-refractivity contribution in [3.05, 3.63) is 22.1 Å². The monoisotopic (exact) mass is 282 g/mol. The average Bonchev–Trinajstić information content (AvgIpc) is 2.74. The van der Waals surface area contributed by atoms with Crippen molar-refractivity contribution in [2.24, 2.45) is 0 Å². The molecule has 8 heteroatoms. The normalized spacial score (nSPS) is 22.9. The zero-order valence-corrected chi connectivity index (χ0v) is 11.8. The molecule has 0 radical (unpaired) electrons. The molecule has 1 aromatic heterocycles. The molecule has 0 saturated carbocycles. The van der Waals surface area contributed by atoms with Crippen molar-refractivity contribution in [3.8, 4) is 0 Å². The molecule has 2 rings (SSSR count). The minimum Gasteiger partial charge on any atom is -0.375 e. The predicted molar refractivity (Wildman–Crippen MR) is 70.2 cm³/mol. The fraction of sp³-hybridized carbons (Fsp3) is 0.667. The third-order valence-electron chi connectivity index (χ3n) is 3.38. The molecule has 1 aliphatic rings. The number of ether oxygens (including phenoxy) is 1. The van der Waals surface area contributed by atoms with Crippen LogP contribution in [0.5, 0.6) is 0 Å². The quantitative estimate of drug-likeness (QED) is 0.602. The lowest BCUT2D eigenvalue weighted by atomic mass is 10.2. The highest BCUT2D eigenvalue weighted by atomic mass is 16.6. The van der Waals surface area contributed by atoms with Gasteiger partial charge in [-0.3, -0.25) is 9.36 Å². The van der Waals surface area contributed by atoms with Gasteiger partial charge < -0.3 is 19.8 Å². The SMILES string of the molecule is Cc1nc([N+](=O)[O-])cn1CC(=O)N1CC(C)OCC1C. The molecule has 1 aliphatic heterocycles. The Hall–Kier alpha value is -1.96. The average molecular weight is 282 g/mol. The Bertz CT molecular complexity index is 528. The highest BCUT2D eigenvalue weighted by molar-refractivity contribution is 5.76. The van der Waals surface area contributed by atoms with E-state index < -0.39 is 4.92 Å². The number of aryl methyl sites for hydroxylation is 1. The van der Waals surface area contributed by atoms with E-state index in [1.165, 1.54) is 10.8 Å². The largest absolute Gasteiger partial charge is 0.381 e. The number of imidazole rings is 1. The molecular formula is C12H18N4O4. The van der Waals surface area contributed by atoms with Crippen LogP contribution in [0.2, 0.25) is 0 Å². The molecule has 2 unspecified atom stereocenters. The van der Waals surface area contributed by atoms with Crippen LogP contribution in [0, 0.1) is 17.0 Å². The van der Waals surface area contributed by atoms with Crippen molar-refractivity contribution in [1.82, 2.24) is 14.5 Å². The van der Waals surface area contributed by atoms with Gasteiger partial charge in [0.05, 0.1) is 18.8 Å². The molecule has 1 fully saturated rings. The molecule has 1 aromatic rings. The number of hydrogen-bond acceptors (Lipinski definition) is 5. The van der Waals surface area contributed by atoms with Crippen molar-refractivity contribution in [2.45, 2.75) is 39.5 Å². The Morgan fingerprint density at radius 2 is 2.30 bits per heavy atom. The van der Waals surface area contributed by atoms with Gasteiger partial charge in [0.1, 0.15) is 12.7 Å². The first-order valence-electron chi connectivity index (χ1n) is 6.47. The molecular weight excluding hydrogens is 264 g/mol. The first-order valence-corrected chi connectivity index (χ1v) is 6.47. The van der Waals surface area contributed by atoms with E-state index in [0.717, 1.165) is 0 Å². The summed E-state index contributed by atoms with van der Waals surface area (Å²) in [5, 5.41) is 10.7. The number of amides is 1. The Balaban J connectivity index is 2.09. The van der Waals surface area contributed by atoms with Crippen molar-refractivity contribution < 1.29 is 14.5 Å². The molecule has 20 heavy (non-hydrogen) atoms. The lowest BCUT2D eigenvalue weighted by Gasteiger charge is -2.36. The number of hydrogen-bond donors (Lipinski definition) is 0. The van der Waals surface area contributed by atoms with Gasteiger partial charge in [-0.2, -0.15) is 0 Å². The summed E-state index contributed by atoms with van der Waals surface area (Å²) in [7, 11) is 0. The molecule has 0 aromatic carbocycles. The summed E-state index contributed by atoms with van der Waals surface area (Å²) in [6.07, 6.45) is 1.30. The van der Waals surface area contributed by atoms with E-state index in [2.05, 4.69) is 4.98 Å². The zero-order valence-electron chi connectivity index (χ0n) is 11.8. The number of carbonyl (C=O) groups is 1. The summed E-state index contributed by atoms with van der Waals surface area (Å²) in [5.74, 6) is 0.140. The number of rotatable bonds is 3. The standard InChI is InChI=1S/C12H18N4O4/c1-8-7-20-9(2)4-15(8)12(17)6-14-5-11(16(18)19)13-10(14)3/h5,8-9H,4,6-7H2,1-3H3. The van der Waals surface area contributed by atoms with Gasteiger partial charge in [-0.25, -0.2) is 0 Å². The summed E-state index contributed by atoms with van der Waals surface area (Å²) in [6, 6.07) is 0.0116. The third kappa shape index (κ3) is 2.96. The van der Waals surface area contributed by atoms with Crippen LogP contribution in [0.15, 0.2) is 6.20 Å². The first kappa shape index (κ1) is 14.4. The number of morpholine rings is 1. The highest BCUT2D eigenvalue weighted by Crippen LogP contribution is 2.14. The van der Waals surface area contributed by atoms with Crippen LogP contribution in [0.25, 0.3) is 0 Å². The Kier molecular flexibility index (Phi) is 4.03. The van der Waals surface area contributed by atoms with E-state index in [-0.39, 0.29) is 30.4 Å². The summed E-state index contributed by atoms with van der Waals surface area (Å²) in [5.41, 5.74) is 0. The first-order chi connectivity index (χ1) is 9.38. The summed E-state index contributed by atoms with van der Waals surface area (Å²) >= 11 is 0. The second-order valence-corrected chi connectivity index (χ2v) is 5.07. The zero-order chi connectivity index (χ0) is 14.9. The van der Waals surface area contributed by atoms with E-state index >= 15 is 0 Å². The molecule has 2 atom stereocenters. The number of carbonyl (C=O) groups excluding carboxylic acids is 1. The van der Waals surface area contributed by atoms with E-state index in [0.29, 0.717) is 19.0 Å². The second kappa shape index (κ2) is 5.58. The van der Waals surface area contributed by atoms with Crippen LogP contribution in [0.3, 0.4) is 0 Å². The van der Waals surface area contributed by atoms with Gasteiger partial charge in [0.2, 0.25) is 11.7 Å². The second-order valence-electron chi connectivity index (χ2n) is 5.07. The van der Waals surface area contributed by atoms with Gasteiger partial charge >= 0.3 is 5.82 Å². The van der Waals surface area contributed by atoms with E-state index in [1.54, 1.807) is 11.8 Å². The van der Waals surface area contributed by atoms with E-state index in [4.69, 9.17) is 4.74 Å². The van der Waals surface area contributed by atoms with Crippen molar-refractivity contribution in [1.29, 1.82) is 0 Å². The van der Waals surface area contributed by atoms with Gasteiger partial charge in [0.15, 0.2) is 0 Å². The third-order valence-corrected chi connectivity index (χ3v) is 3.38. The van der Waals surface area contributed by atoms with Gasteiger partial charge in [-0.15, -0.1) is 0 Å². The minimum atomic E-state index is -0.562. The maximum Gasteiger partial charge on any atom is 0.381 e. The molecule has 0 spiro atoms. The van der Waals surface area contributed by atoms with E-state index in [1.807, 2.05) is 13.8 Å². The summed E-state index contributed by atoms with van der Waals surface area (Å²) < 4.78 is 6.98.